The molecule has 6 heteroatoms. The first-order chi connectivity index (χ1) is 14.1. The number of para-hydroxylation sites is 1. The molecule has 0 saturated heterocycles. The van der Waals surface area contributed by atoms with Gasteiger partial charge in [0, 0.05) is 10.8 Å². The molecule has 0 atom stereocenters. The number of amides is 1. The van der Waals surface area contributed by atoms with Crippen LogP contribution in [0.3, 0.4) is 0 Å². The number of carboxylic acid groups (broad SMARTS) is 1. The summed E-state index contributed by atoms with van der Waals surface area (Å²) in [6.07, 6.45) is -0.560. The summed E-state index contributed by atoms with van der Waals surface area (Å²) < 4.78 is 5.55. The number of aliphatic carboxylic acids is 1. The van der Waals surface area contributed by atoms with E-state index in [0.717, 1.165) is 22.9 Å². The first-order valence-electron chi connectivity index (χ1n) is 9.19. The van der Waals surface area contributed by atoms with Crippen molar-refractivity contribution in [3.63, 3.8) is 0 Å². The molecule has 5 nitrogen and oxygen atoms in total. The number of benzene rings is 3. The molecule has 0 saturated carbocycles. The van der Waals surface area contributed by atoms with Crippen LogP contribution in [0.15, 0.2) is 77.7 Å². The number of nitrogens with one attached hydrogen (secondary N) is 1. The van der Waals surface area contributed by atoms with Crippen molar-refractivity contribution in [1.29, 1.82) is 0 Å². The Hall–Kier alpha value is -3.25. The number of carbonyl (C=O) groups excluding carboxylic acids is 1. The van der Waals surface area contributed by atoms with Crippen LogP contribution in [0.4, 0.5) is 10.5 Å². The molecule has 0 fully saturated rings. The summed E-state index contributed by atoms with van der Waals surface area (Å²) in [7, 11) is 0. The van der Waals surface area contributed by atoms with E-state index in [-0.39, 0.29) is 18.3 Å². The number of rotatable bonds is 6. The van der Waals surface area contributed by atoms with Gasteiger partial charge in [0.1, 0.15) is 6.61 Å². The third-order valence-electron chi connectivity index (χ3n) is 4.82. The number of thioether (sulfide) groups is 1. The number of anilines is 1. The second kappa shape index (κ2) is 8.41. The minimum atomic E-state index is -0.911. The summed E-state index contributed by atoms with van der Waals surface area (Å²) >= 11 is 1.15. The lowest BCUT2D eigenvalue weighted by atomic mass is 9.98. The molecule has 1 aliphatic carbocycles. The Morgan fingerprint density at radius 1 is 0.897 bits per heavy atom. The van der Waals surface area contributed by atoms with Crippen LogP contribution in [-0.2, 0) is 9.53 Å². The van der Waals surface area contributed by atoms with Crippen LogP contribution in [0.25, 0.3) is 11.1 Å². The van der Waals surface area contributed by atoms with Crippen LogP contribution in [0.1, 0.15) is 17.0 Å². The van der Waals surface area contributed by atoms with Gasteiger partial charge in [-0.15, -0.1) is 11.8 Å². The minimum absolute atomic E-state index is 0.00946. The van der Waals surface area contributed by atoms with Crippen molar-refractivity contribution in [2.24, 2.45) is 0 Å². The van der Waals surface area contributed by atoms with Crippen LogP contribution in [-0.4, -0.2) is 29.5 Å². The zero-order chi connectivity index (χ0) is 20.2. The highest BCUT2D eigenvalue weighted by atomic mass is 32.2. The first kappa shape index (κ1) is 19.1. The number of carbonyl (C=O) groups is 2. The average Bonchev–Trinajstić information content (AvgIpc) is 3.05. The fourth-order valence-corrected chi connectivity index (χ4v) is 4.31. The van der Waals surface area contributed by atoms with Gasteiger partial charge < -0.3 is 9.84 Å². The molecule has 2 N–H and O–H groups in total. The van der Waals surface area contributed by atoms with E-state index in [0.29, 0.717) is 10.6 Å². The van der Waals surface area contributed by atoms with E-state index < -0.39 is 12.1 Å². The highest BCUT2D eigenvalue weighted by Crippen LogP contribution is 2.44. The topological polar surface area (TPSA) is 75.6 Å². The van der Waals surface area contributed by atoms with E-state index in [1.54, 1.807) is 24.3 Å². The zero-order valence-electron chi connectivity index (χ0n) is 15.5. The normalized spacial score (nSPS) is 12.1. The second-order valence-corrected chi connectivity index (χ2v) is 7.65. The van der Waals surface area contributed by atoms with Gasteiger partial charge >= 0.3 is 12.1 Å². The van der Waals surface area contributed by atoms with Crippen molar-refractivity contribution in [3.05, 3.63) is 83.9 Å². The summed E-state index contributed by atoms with van der Waals surface area (Å²) in [5.41, 5.74) is 5.19. The summed E-state index contributed by atoms with van der Waals surface area (Å²) in [4.78, 5) is 23.9. The number of carboxylic acids is 1. The van der Waals surface area contributed by atoms with Gasteiger partial charge in [0.25, 0.3) is 0 Å². The number of ether oxygens (including phenoxy) is 1. The molecule has 1 amide bonds. The molecule has 146 valence electrons. The molecule has 0 spiro atoms. The maximum Gasteiger partial charge on any atom is 0.411 e. The van der Waals surface area contributed by atoms with Gasteiger partial charge in [0.2, 0.25) is 0 Å². The molecule has 0 aromatic heterocycles. The summed E-state index contributed by atoms with van der Waals surface area (Å²) in [6, 6.07) is 23.4. The molecule has 0 heterocycles. The van der Waals surface area contributed by atoms with E-state index in [9.17, 15) is 9.59 Å². The van der Waals surface area contributed by atoms with E-state index in [1.807, 2.05) is 24.3 Å². The van der Waals surface area contributed by atoms with Gasteiger partial charge in [-0.2, -0.15) is 0 Å². The zero-order valence-corrected chi connectivity index (χ0v) is 16.3. The Labute approximate surface area is 172 Å². The average molecular weight is 405 g/mol. The molecule has 1 aliphatic rings. The maximum absolute atomic E-state index is 12.4. The van der Waals surface area contributed by atoms with E-state index in [2.05, 4.69) is 29.6 Å². The molecule has 0 radical (unpaired) electrons. The predicted molar refractivity (Wildman–Crippen MR) is 113 cm³/mol. The molecular weight excluding hydrogens is 386 g/mol. The minimum Gasteiger partial charge on any atom is -0.481 e. The lowest BCUT2D eigenvalue weighted by Crippen LogP contribution is -2.18. The number of hydrogen-bond donors (Lipinski definition) is 2. The van der Waals surface area contributed by atoms with E-state index in [1.165, 1.54) is 11.1 Å². The van der Waals surface area contributed by atoms with Crippen LogP contribution >= 0.6 is 11.8 Å². The molecule has 0 bridgehead atoms. The Bertz CT molecular complexity index is 1020. The van der Waals surface area contributed by atoms with Gasteiger partial charge in [-0.3, -0.25) is 10.1 Å². The fourth-order valence-electron chi connectivity index (χ4n) is 3.58. The standard InChI is InChI=1S/C23H19NO4S/c25-22(26)14-29-21-12-6-5-11-20(21)24-23(27)28-13-19-17-9-3-1-7-15(17)16-8-2-4-10-18(16)19/h1-12,19H,13-14H2,(H,24,27)(H,25,26). The van der Waals surface area contributed by atoms with E-state index >= 15 is 0 Å². The molecule has 3 aromatic rings. The van der Waals surface area contributed by atoms with Crippen molar-refractivity contribution in [2.45, 2.75) is 10.8 Å². The summed E-state index contributed by atoms with van der Waals surface area (Å²) in [5.74, 6) is -1.00. The van der Waals surface area contributed by atoms with Gasteiger partial charge in [-0.25, -0.2) is 4.79 Å². The van der Waals surface area contributed by atoms with Gasteiger partial charge in [-0.1, -0.05) is 60.7 Å². The smallest absolute Gasteiger partial charge is 0.411 e. The van der Waals surface area contributed by atoms with Crippen molar-refractivity contribution in [3.8, 4) is 11.1 Å². The highest BCUT2D eigenvalue weighted by Gasteiger charge is 2.29. The number of fused-ring (bicyclic) bond motifs is 3. The summed E-state index contributed by atoms with van der Waals surface area (Å²) in [5, 5.41) is 11.6. The lowest BCUT2D eigenvalue weighted by molar-refractivity contribution is -0.133. The first-order valence-corrected chi connectivity index (χ1v) is 10.2. The van der Waals surface area contributed by atoms with Crippen LogP contribution in [0.2, 0.25) is 0 Å². The van der Waals surface area contributed by atoms with Gasteiger partial charge in [0.15, 0.2) is 0 Å². The van der Waals surface area contributed by atoms with Crippen molar-refractivity contribution in [2.75, 3.05) is 17.7 Å². The predicted octanol–water partition coefficient (Wildman–Crippen LogP) is 5.22. The summed E-state index contributed by atoms with van der Waals surface area (Å²) in [6.45, 7) is 0.226. The molecule has 3 aromatic carbocycles. The number of hydrogen-bond acceptors (Lipinski definition) is 4. The quantitative estimate of drug-likeness (QED) is 0.550. The fraction of sp³-hybridized carbons (Fsp3) is 0.130. The Morgan fingerprint density at radius 3 is 2.14 bits per heavy atom. The van der Waals surface area contributed by atoms with Crippen molar-refractivity contribution < 1.29 is 19.4 Å². The molecule has 29 heavy (non-hydrogen) atoms. The van der Waals surface area contributed by atoms with E-state index in [4.69, 9.17) is 9.84 Å². The maximum atomic E-state index is 12.4. The van der Waals surface area contributed by atoms with Crippen LogP contribution in [0.5, 0.6) is 0 Å². The Morgan fingerprint density at radius 2 is 1.48 bits per heavy atom. The van der Waals surface area contributed by atoms with Crippen LogP contribution in [0, 0.1) is 0 Å². The molecular formula is C23H19NO4S. The SMILES string of the molecule is O=C(O)CSc1ccccc1NC(=O)OCC1c2ccccc2-c2ccccc21. The van der Waals surface area contributed by atoms with Crippen molar-refractivity contribution >= 4 is 29.5 Å². The Balaban J connectivity index is 1.45. The lowest BCUT2D eigenvalue weighted by Gasteiger charge is -2.15. The van der Waals surface area contributed by atoms with Crippen molar-refractivity contribution in [1.82, 2.24) is 0 Å². The third-order valence-corrected chi connectivity index (χ3v) is 5.88. The Kier molecular flexibility index (Phi) is 5.53. The second-order valence-electron chi connectivity index (χ2n) is 6.63. The molecule has 4 rings (SSSR count). The largest absolute Gasteiger partial charge is 0.481 e. The highest BCUT2D eigenvalue weighted by molar-refractivity contribution is 8.00. The van der Waals surface area contributed by atoms with Gasteiger partial charge in [0.05, 0.1) is 11.4 Å². The molecule has 0 aliphatic heterocycles. The van der Waals surface area contributed by atoms with Crippen LogP contribution < -0.4 is 5.32 Å². The molecule has 0 unspecified atom stereocenters. The monoisotopic (exact) mass is 405 g/mol. The third kappa shape index (κ3) is 4.12. The van der Waals surface area contributed by atoms with Gasteiger partial charge in [-0.05, 0) is 34.4 Å².